The molecule has 6 aromatic carbocycles. The lowest BCUT2D eigenvalue weighted by atomic mass is 9.81. The summed E-state index contributed by atoms with van der Waals surface area (Å²) in [6.07, 6.45) is 7.35. The van der Waals surface area contributed by atoms with E-state index < -0.39 is 0 Å². The molecule has 5 nitrogen and oxygen atoms in total. The highest BCUT2D eigenvalue weighted by molar-refractivity contribution is 6.30. The van der Waals surface area contributed by atoms with Crippen LogP contribution in [0.5, 0.6) is 11.5 Å². The Kier molecular flexibility index (Phi) is 7.81. The van der Waals surface area contributed by atoms with Gasteiger partial charge in [-0.2, -0.15) is 0 Å². The highest BCUT2D eigenvalue weighted by atomic mass is 16.5. The second-order valence-corrected chi connectivity index (χ2v) is 12.8. The predicted octanol–water partition coefficient (Wildman–Crippen LogP) is 9.99. The molecule has 0 atom stereocenters. The molecule has 8 rings (SSSR count). The number of aryl methyl sites for hydroxylation is 2. The van der Waals surface area contributed by atoms with Crippen molar-refractivity contribution in [1.82, 2.24) is 0 Å². The lowest BCUT2D eigenvalue weighted by molar-refractivity contribution is 0.0978. The fourth-order valence-corrected chi connectivity index (χ4v) is 6.73. The molecule has 0 heterocycles. The van der Waals surface area contributed by atoms with Gasteiger partial charge in [-0.25, -0.2) is 0 Å². The van der Waals surface area contributed by atoms with E-state index in [1.54, 1.807) is 84.9 Å². The molecule has 0 radical (unpaired) electrons. The van der Waals surface area contributed by atoms with Crippen LogP contribution in [0.15, 0.2) is 121 Å². The topological polar surface area (TPSA) is 77.5 Å². The summed E-state index contributed by atoms with van der Waals surface area (Å²) in [7, 11) is 0. The standard InChI is InChI=1S/C46H30O5/c1-27-11-15-29(16-12-27)19-21-35-39(25-23-37-41(35)45(49)33-9-5-3-7-31(33)43(37)47)51-40-26-24-38-42(36(40)22-20-30-17-13-28(2)14-18-30)46(50)34-10-6-4-8-32(34)44(38)48/h3-26H,1-2H3. The van der Waals surface area contributed by atoms with Gasteiger partial charge in [0.25, 0.3) is 0 Å². The van der Waals surface area contributed by atoms with E-state index in [1.807, 2.05) is 74.5 Å². The Labute approximate surface area is 295 Å². The van der Waals surface area contributed by atoms with Crippen molar-refractivity contribution in [3.8, 4) is 11.5 Å². The first-order chi connectivity index (χ1) is 24.8. The maximum absolute atomic E-state index is 14.1. The van der Waals surface area contributed by atoms with Gasteiger partial charge in [-0.3, -0.25) is 19.2 Å². The molecule has 51 heavy (non-hydrogen) atoms. The smallest absolute Gasteiger partial charge is 0.195 e. The van der Waals surface area contributed by atoms with Crippen LogP contribution in [0.3, 0.4) is 0 Å². The summed E-state index contributed by atoms with van der Waals surface area (Å²) < 4.78 is 6.70. The van der Waals surface area contributed by atoms with E-state index in [-0.39, 0.29) is 45.4 Å². The largest absolute Gasteiger partial charge is 0.456 e. The molecule has 0 bridgehead atoms. The first-order valence-electron chi connectivity index (χ1n) is 16.7. The van der Waals surface area contributed by atoms with Crippen molar-refractivity contribution in [1.29, 1.82) is 0 Å². The molecule has 0 amide bonds. The maximum Gasteiger partial charge on any atom is 0.195 e. The van der Waals surface area contributed by atoms with Gasteiger partial charge in [-0.05, 0) is 61.4 Å². The summed E-state index contributed by atoms with van der Waals surface area (Å²) in [5.74, 6) is -0.409. The number of carbonyl (C=O) groups excluding carboxylic acids is 4. The van der Waals surface area contributed by atoms with Crippen molar-refractivity contribution in [3.63, 3.8) is 0 Å². The fourth-order valence-electron chi connectivity index (χ4n) is 6.73. The van der Waals surface area contributed by atoms with Gasteiger partial charge in [0.15, 0.2) is 23.1 Å². The van der Waals surface area contributed by atoms with E-state index in [0.29, 0.717) is 44.9 Å². The first-order valence-corrected chi connectivity index (χ1v) is 16.7. The number of ketones is 4. The van der Waals surface area contributed by atoms with Crippen molar-refractivity contribution in [2.75, 3.05) is 0 Å². The molecule has 2 aliphatic rings. The van der Waals surface area contributed by atoms with Gasteiger partial charge >= 0.3 is 0 Å². The molecule has 0 aromatic heterocycles. The van der Waals surface area contributed by atoms with E-state index in [4.69, 9.17) is 4.74 Å². The van der Waals surface area contributed by atoms with Crippen LogP contribution in [0.2, 0.25) is 0 Å². The zero-order valence-corrected chi connectivity index (χ0v) is 27.9. The van der Waals surface area contributed by atoms with Crippen molar-refractivity contribution in [2.45, 2.75) is 13.8 Å². The summed E-state index contributed by atoms with van der Waals surface area (Å²) in [6.45, 7) is 4.02. The van der Waals surface area contributed by atoms with E-state index in [1.165, 1.54) is 0 Å². The van der Waals surface area contributed by atoms with Gasteiger partial charge < -0.3 is 4.74 Å². The molecule has 5 heteroatoms. The quantitative estimate of drug-likeness (QED) is 0.166. The Morgan fingerprint density at radius 3 is 1.10 bits per heavy atom. The molecule has 244 valence electrons. The summed E-state index contributed by atoms with van der Waals surface area (Å²) in [6, 6.07) is 36.1. The van der Waals surface area contributed by atoms with Crippen molar-refractivity contribution in [3.05, 3.63) is 199 Å². The Morgan fingerprint density at radius 1 is 0.373 bits per heavy atom. The average molecular weight is 663 g/mol. The molecule has 0 N–H and O–H groups in total. The Morgan fingerprint density at radius 2 is 0.725 bits per heavy atom. The summed E-state index contributed by atoms with van der Waals surface area (Å²) in [5.41, 5.74) is 7.33. The fraction of sp³-hybridized carbons (Fsp3) is 0.0435. The van der Waals surface area contributed by atoms with Crippen molar-refractivity contribution >= 4 is 47.4 Å². The molecular weight excluding hydrogens is 633 g/mol. The number of hydrogen-bond donors (Lipinski definition) is 0. The molecule has 0 fully saturated rings. The monoisotopic (exact) mass is 662 g/mol. The number of carbonyl (C=O) groups is 4. The molecule has 0 saturated heterocycles. The molecule has 6 aromatic rings. The molecular formula is C46H30O5. The SMILES string of the molecule is Cc1ccc(C=Cc2c(Oc3ccc4c(c3C=Cc3ccc(C)cc3)C(=O)c3ccccc3C4=O)ccc3c2C(=O)c2ccccc2C3=O)cc1. The maximum atomic E-state index is 14.1. The zero-order chi connectivity index (χ0) is 35.2. The number of benzene rings is 6. The van der Waals surface area contributed by atoms with Gasteiger partial charge in [0.2, 0.25) is 0 Å². The third-order valence-corrected chi connectivity index (χ3v) is 9.45. The Balaban J connectivity index is 1.31. The highest BCUT2D eigenvalue weighted by Gasteiger charge is 2.34. The van der Waals surface area contributed by atoms with E-state index in [9.17, 15) is 19.2 Å². The lowest BCUT2D eigenvalue weighted by Crippen LogP contribution is -2.22. The van der Waals surface area contributed by atoms with Crippen molar-refractivity contribution < 1.29 is 23.9 Å². The van der Waals surface area contributed by atoms with Crippen LogP contribution in [-0.4, -0.2) is 23.1 Å². The van der Waals surface area contributed by atoms with E-state index in [2.05, 4.69) is 0 Å². The number of rotatable bonds is 6. The van der Waals surface area contributed by atoms with Gasteiger partial charge in [0.1, 0.15) is 11.5 Å². The van der Waals surface area contributed by atoms with Crippen LogP contribution in [-0.2, 0) is 0 Å². The van der Waals surface area contributed by atoms with Gasteiger partial charge in [-0.15, -0.1) is 0 Å². The zero-order valence-electron chi connectivity index (χ0n) is 27.9. The summed E-state index contributed by atoms with van der Waals surface area (Å²) in [4.78, 5) is 55.7. The van der Waals surface area contributed by atoms with Crippen LogP contribution < -0.4 is 4.74 Å². The Bertz CT molecular complexity index is 2340. The number of hydrogen-bond acceptors (Lipinski definition) is 5. The second-order valence-electron chi connectivity index (χ2n) is 12.8. The Hall–Kier alpha value is -6.72. The second kappa shape index (κ2) is 12.6. The normalized spacial score (nSPS) is 13.3. The molecule has 0 aliphatic heterocycles. The summed E-state index contributed by atoms with van der Waals surface area (Å²) >= 11 is 0. The molecule has 0 unspecified atom stereocenters. The highest BCUT2D eigenvalue weighted by Crippen LogP contribution is 2.41. The third kappa shape index (κ3) is 5.55. The number of ether oxygens (including phenoxy) is 1. The van der Waals surface area contributed by atoms with Gasteiger partial charge in [0, 0.05) is 55.6 Å². The first kappa shape index (κ1) is 31.5. The van der Waals surface area contributed by atoms with Gasteiger partial charge in [0.05, 0.1) is 0 Å². The minimum absolute atomic E-state index is 0.241. The molecule has 0 spiro atoms. The van der Waals surface area contributed by atoms with Crippen LogP contribution in [0.25, 0.3) is 24.3 Å². The van der Waals surface area contributed by atoms with Crippen LogP contribution in [0.4, 0.5) is 0 Å². The van der Waals surface area contributed by atoms with E-state index >= 15 is 0 Å². The average Bonchev–Trinajstić information content (AvgIpc) is 3.16. The predicted molar refractivity (Wildman–Crippen MR) is 200 cm³/mol. The minimum Gasteiger partial charge on any atom is -0.456 e. The molecule has 0 saturated carbocycles. The minimum atomic E-state index is -0.281. The van der Waals surface area contributed by atoms with Crippen LogP contribution in [0.1, 0.15) is 97.1 Å². The van der Waals surface area contributed by atoms with Crippen molar-refractivity contribution in [2.24, 2.45) is 0 Å². The van der Waals surface area contributed by atoms with E-state index in [0.717, 1.165) is 22.3 Å². The van der Waals surface area contributed by atoms with Gasteiger partial charge in [-0.1, -0.05) is 120 Å². The van der Waals surface area contributed by atoms with Crippen LogP contribution >= 0.6 is 0 Å². The lowest BCUT2D eigenvalue weighted by Gasteiger charge is -2.23. The molecule has 2 aliphatic carbocycles. The summed E-state index contributed by atoms with van der Waals surface area (Å²) in [5, 5.41) is 0. The number of fused-ring (bicyclic) bond motifs is 4. The third-order valence-electron chi connectivity index (χ3n) is 9.45. The van der Waals surface area contributed by atoms with Crippen LogP contribution in [0, 0.1) is 13.8 Å².